The lowest BCUT2D eigenvalue weighted by atomic mass is 10.3. The van der Waals surface area contributed by atoms with Gasteiger partial charge in [-0.1, -0.05) is 0 Å². The highest BCUT2D eigenvalue weighted by atomic mass is 127. The van der Waals surface area contributed by atoms with E-state index in [1.807, 2.05) is 27.7 Å². The van der Waals surface area contributed by atoms with Crippen LogP contribution < -0.4 is 4.72 Å². The molecule has 0 aromatic carbocycles. The molecule has 11 heteroatoms. The van der Waals surface area contributed by atoms with E-state index < -0.39 is 17.8 Å². The van der Waals surface area contributed by atoms with Gasteiger partial charge in [-0.3, -0.25) is 4.57 Å². The van der Waals surface area contributed by atoms with Gasteiger partial charge in [0, 0.05) is 49.3 Å². The first-order chi connectivity index (χ1) is 11.7. The molecule has 0 aliphatic carbocycles. The smallest absolute Gasteiger partial charge is 0.328 e. The van der Waals surface area contributed by atoms with Crippen molar-refractivity contribution in [1.82, 2.24) is 7.24 Å². The van der Waals surface area contributed by atoms with Crippen LogP contribution in [0.15, 0.2) is 0 Å². The van der Waals surface area contributed by atoms with Crippen molar-refractivity contribution in [1.29, 1.82) is 0 Å². The number of hydrogen-bond acceptors (Lipinski definition) is 5. The van der Waals surface area contributed by atoms with Crippen LogP contribution in [0.4, 0.5) is 0 Å². The molecular weight excluding hydrogens is 492 g/mol. The van der Waals surface area contributed by atoms with Crippen molar-refractivity contribution in [2.75, 3.05) is 46.9 Å². The number of rotatable bonds is 14. The molecule has 0 saturated heterocycles. The second kappa shape index (κ2) is 11.6. The zero-order valence-corrected chi connectivity index (χ0v) is 20.9. The van der Waals surface area contributed by atoms with Crippen molar-refractivity contribution in [3.05, 3.63) is 0 Å². The van der Waals surface area contributed by atoms with E-state index in [0.29, 0.717) is 23.6 Å². The van der Waals surface area contributed by atoms with Gasteiger partial charge in [0.2, 0.25) is 0 Å². The predicted octanol–water partition coefficient (Wildman–Crippen LogP) is 3.00. The van der Waals surface area contributed by atoms with Crippen LogP contribution in [0.3, 0.4) is 0 Å². The second-order valence-corrected chi connectivity index (χ2v) is 13.5. The lowest BCUT2D eigenvalue weighted by Gasteiger charge is -2.31. The van der Waals surface area contributed by atoms with Crippen molar-refractivity contribution in [2.45, 2.75) is 52.7 Å². The molecule has 158 valence electrons. The summed E-state index contributed by atoms with van der Waals surface area (Å²) in [6.45, 7) is 9.42. The van der Waals surface area contributed by atoms with Crippen LogP contribution in [0.2, 0.25) is 0 Å². The summed E-state index contributed by atoms with van der Waals surface area (Å²) in [7, 11) is -0.827. The van der Waals surface area contributed by atoms with Gasteiger partial charge in [0.05, 0.1) is 45.6 Å². The van der Waals surface area contributed by atoms with Crippen molar-refractivity contribution < 1.29 is 26.5 Å². The lowest BCUT2D eigenvalue weighted by molar-refractivity contribution is -0.890. The van der Waals surface area contributed by atoms with Crippen molar-refractivity contribution >= 4 is 40.7 Å². The van der Waals surface area contributed by atoms with E-state index in [-0.39, 0.29) is 12.2 Å². The standard InChI is InChI=1S/C15H36IN3O5PS/c1-14(2)23-25(20,24-15(3)4)13-9-12-19(6,7)11-8-10-17-26(21,22)18(5)16/h14-15,17H,8-13H2,1-7H3/q+1. The van der Waals surface area contributed by atoms with E-state index in [1.165, 1.54) is 7.05 Å². The summed E-state index contributed by atoms with van der Waals surface area (Å²) in [5.74, 6) is 0. The van der Waals surface area contributed by atoms with E-state index in [0.717, 1.165) is 22.0 Å². The first-order valence-electron chi connectivity index (χ1n) is 8.86. The fourth-order valence-electron chi connectivity index (χ4n) is 2.37. The van der Waals surface area contributed by atoms with E-state index in [2.05, 4.69) is 18.8 Å². The number of hydrogen-bond donors (Lipinski definition) is 1. The highest BCUT2D eigenvalue weighted by Gasteiger charge is 2.28. The van der Waals surface area contributed by atoms with Gasteiger partial charge in [0.15, 0.2) is 0 Å². The van der Waals surface area contributed by atoms with E-state index >= 15 is 0 Å². The molecule has 0 bridgehead atoms. The average molecular weight is 528 g/mol. The Bertz CT molecular complexity index is 541. The van der Waals surface area contributed by atoms with Gasteiger partial charge in [-0.25, -0.2) is 4.72 Å². The Labute approximate surface area is 173 Å². The van der Waals surface area contributed by atoms with Gasteiger partial charge >= 0.3 is 7.60 Å². The fourth-order valence-corrected chi connectivity index (χ4v) is 5.45. The minimum absolute atomic E-state index is 0.147. The quantitative estimate of drug-likeness (QED) is 0.123. The molecule has 0 unspecified atom stereocenters. The minimum atomic E-state index is -3.38. The topological polar surface area (TPSA) is 84.9 Å². The van der Waals surface area contributed by atoms with Gasteiger partial charge in [0.1, 0.15) is 0 Å². The Balaban J connectivity index is 4.38. The van der Waals surface area contributed by atoms with Gasteiger partial charge in [-0.05, 0) is 27.7 Å². The maximum Gasteiger partial charge on any atom is 0.331 e. The van der Waals surface area contributed by atoms with Gasteiger partial charge in [0.25, 0.3) is 10.2 Å². The Morgan fingerprint density at radius 3 is 1.96 bits per heavy atom. The molecule has 0 fully saturated rings. The van der Waals surface area contributed by atoms with Crippen molar-refractivity contribution in [3.63, 3.8) is 0 Å². The van der Waals surface area contributed by atoms with E-state index in [1.54, 1.807) is 22.9 Å². The third-order valence-electron chi connectivity index (χ3n) is 3.49. The molecule has 0 saturated carbocycles. The number of nitrogens with zero attached hydrogens (tertiary/aromatic N) is 2. The first-order valence-corrected chi connectivity index (χ1v) is 13.0. The maximum absolute atomic E-state index is 12.8. The van der Waals surface area contributed by atoms with E-state index in [4.69, 9.17) is 9.05 Å². The van der Waals surface area contributed by atoms with Gasteiger partial charge in [-0.15, -0.1) is 2.52 Å². The summed E-state index contributed by atoms with van der Waals surface area (Å²) in [6.07, 6.45) is 1.53. The molecule has 0 radical (unpaired) electrons. The van der Waals surface area contributed by atoms with Crippen LogP contribution in [0.1, 0.15) is 40.5 Å². The molecule has 0 aliphatic rings. The Kier molecular flexibility index (Phi) is 12.0. The molecule has 0 atom stereocenters. The first kappa shape index (κ1) is 26.7. The van der Waals surface area contributed by atoms with Crippen LogP contribution in [0.25, 0.3) is 0 Å². The molecule has 1 N–H and O–H groups in total. The average Bonchev–Trinajstić information content (AvgIpc) is 2.41. The Morgan fingerprint density at radius 1 is 1.08 bits per heavy atom. The molecule has 8 nitrogen and oxygen atoms in total. The molecule has 0 aromatic rings. The summed E-state index contributed by atoms with van der Waals surface area (Å²) >= 11 is 1.72. The molecular formula is C15H36IN3O5PS+. The molecule has 0 aliphatic heterocycles. The second-order valence-electron chi connectivity index (χ2n) is 7.52. The van der Waals surface area contributed by atoms with Crippen LogP contribution >= 0.6 is 30.5 Å². The Morgan fingerprint density at radius 2 is 1.54 bits per heavy atom. The molecule has 0 heterocycles. The molecule has 0 spiro atoms. The molecule has 0 rings (SSSR count). The SMILES string of the molecule is CC(C)OP(=O)(CCC[N+](C)(C)CCCNS(=O)(=O)N(C)I)OC(C)C. The third kappa shape index (κ3) is 12.2. The zero-order valence-electron chi connectivity index (χ0n) is 17.1. The number of nitrogens with one attached hydrogen (secondary N) is 1. The summed E-state index contributed by atoms with van der Waals surface area (Å²) in [5, 5.41) is 0. The van der Waals surface area contributed by atoms with E-state index in [9.17, 15) is 13.0 Å². The monoisotopic (exact) mass is 528 g/mol. The molecule has 0 amide bonds. The summed E-state index contributed by atoms with van der Waals surface area (Å²) in [6, 6.07) is 0. The summed E-state index contributed by atoms with van der Waals surface area (Å²) in [5.41, 5.74) is 0. The highest BCUT2D eigenvalue weighted by molar-refractivity contribution is 14.1. The largest absolute Gasteiger partial charge is 0.331 e. The van der Waals surface area contributed by atoms with Crippen LogP contribution in [0.5, 0.6) is 0 Å². The van der Waals surface area contributed by atoms with Gasteiger partial charge in [-0.2, -0.15) is 8.42 Å². The van der Waals surface area contributed by atoms with Gasteiger partial charge < -0.3 is 13.5 Å². The predicted molar refractivity (Wildman–Crippen MR) is 115 cm³/mol. The third-order valence-corrected chi connectivity index (χ3v) is 8.63. The normalized spacial score (nSPS) is 14.0. The van der Waals surface area contributed by atoms with Crippen molar-refractivity contribution in [3.8, 4) is 0 Å². The van der Waals surface area contributed by atoms with Crippen LogP contribution in [-0.2, 0) is 23.8 Å². The van der Waals surface area contributed by atoms with Crippen molar-refractivity contribution in [2.24, 2.45) is 0 Å². The summed E-state index contributed by atoms with van der Waals surface area (Å²) < 4.78 is 51.7. The highest BCUT2D eigenvalue weighted by Crippen LogP contribution is 2.50. The number of halogens is 1. The molecule has 0 aromatic heterocycles. The van der Waals surface area contributed by atoms with Crippen LogP contribution in [-0.4, -0.2) is 74.6 Å². The van der Waals surface area contributed by atoms with Crippen LogP contribution in [0, 0.1) is 0 Å². The lowest BCUT2D eigenvalue weighted by Crippen LogP contribution is -2.43. The maximum atomic E-state index is 12.8. The molecule has 26 heavy (non-hydrogen) atoms. The number of quaternary nitrogens is 1. The Hall–Kier alpha value is 0.710. The zero-order chi connectivity index (χ0) is 20.6. The fraction of sp³-hybridized carbons (Fsp3) is 1.00. The minimum Gasteiger partial charge on any atom is -0.328 e. The summed E-state index contributed by atoms with van der Waals surface area (Å²) in [4.78, 5) is 0.